The van der Waals surface area contributed by atoms with Crippen LogP contribution < -0.4 is 0 Å². The fourth-order valence-corrected chi connectivity index (χ4v) is 3.55. The third-order valence-electron chi connectivity index (χ3n) is 2.16. The first-order valence-corrected chi connectivity index (χ1v) is 7.85. The molecule has 0 aliphatic rings. The van der Waals surface area contributed by atoms with Gasteiger partial charge in [0.2, 0.25) is 0 Å². The van der Waals surface area contributed by atoms with Gasteiger partial charge in [-0.15, -0.1) is 23.1 Å². The summed E-state index contributed by atoms with van der Waals surface area (Å²) in [4.78, 5) is 5.33. The standard InChI is InChI=1S/C12H12BrNOS2/c13-10-3-1-2-4-11(10)17-8-9(15)7-12-14-5-6-16-12/h1-6,9,15H,7-8H2. The molecule has 1 aromatic carbocycles. The summed E-state index contributed by atoms with van der Waals surface area (Å²) in [7, 11) is 0. The second kappa shape index (κ2) is 6.54. The highest BCUT2D eigenvalue weighted by molar-refractivity contribution is 9.10. The van der Waals surface area contributed by atoms with E-state index in [1.807, 2.05) is 29.6 Å². The van der Waals surface area contributed by atoms with Crippen LogP contribution >= 0.6 is 39.0 Å². The van der Waals surface area contributed by atoms with E-state index in [1.165, 1.54) is 0 Å². The minimum absolute atomic E-state index is 0.349. The highest BCUT2D eigenvalue weighted by Gasteiger charge is 2.09. The Bertz CT molecular complexity index is 461. The Kier molecular flexibility index (Phi) is 5.03. The summed E-state index contributed by atoms with van der Waals surface area (Å²) in [5.74, 6) is 0.683. The zero-order valence-corrected chi connectivity index (χ0v) is 12.3. The number of halogens is 1. The van der Waals surface area contributed by atoms with Crippen molar-refractivity contribution in [2.45, 2.75) is 17.4 Å². The molecule has 0 fully saturated rings. The lowest BCUT2D eigenvalue weighted by atomic mass is 10.3. The normalized spacial score (nSPS) is 12.6. The maximum atomic E-state index is 9.90. The van der Waals surface area contributed by atoms with Gasteiger partial charge in [-0.2, -0.15) is 0 Å². The maximum absolute atomic E-state index is 9.90. The van der Waals surface area contributed by atoms with E-state index in [-0.39, 0.29) is 6.10 Å². The van der Waals surface area contributed by atoms with E-state index in [1.54, 1.807) is 29.3 Å². The van der Waals surface area contributed by atoms with Gasteiger partial charge in [-0.3, -0.25) is 0 Å². The molecule has 0 spiro atoms. The van der Waals surface area contributed by atoms with Crippen LogP contribution in [0.2, 0.25) is 0 Å². The molecule has 90 valence electrons. The van der Waals surface area contributed by atoms with Gasteiger partial charge >= 0.3 is 0 Å². The highest BCUT2D eigenvalue weighted by Crippen LogP contribution is 2.27. The van der Waals surface area contributed by atoms with E-state index in [0.29, 0.717) is 12.2 Å². The summed E-state index contributed by atoms with van der Waals surface area (Å²) >= 11 is 6.74. The largest absolute Gasteiger partial charge is 0.392 e. The van der Waals surface area contributed by atoms with Crippen LogP contribution in [0, 0.1) is 0 Å². The predicted octanol–water partition coefficient (Wildman–Crippen LogP) is 3.60. The van der Waals surface area contributed by atoms with Crippen molar-refractivity contribution >= 4 is 39.0 Å². The van der Waals surface area contributed by atoms with Crippen LogP contribution in [0.15, 0.2) is 45.2 Å². The third kappa shape index (κ3) is 4.10. The number of thioether (sulfide) groups is 1. The van der Waals surface area contributed by atoms with E-state index in [9.17, 15) is 5.11 Å². The lowest BCUT2D eigenvalue weighted by Gasteiger charge is -2.09. The van der Waals surface area contributed by atoms with Crippen LogP contribution in [0.1, 0.15) is 5.01 Å². The number of hydrogen-bond acceptors (Lipinski definition) is 4. The highest BCUT2D eigenvalue weighted by atomic mass is 79.9. The van der Waals surface area contributed by atoms with Crippen molar-refractivity contribution in [3.05, 3.63) is 45.3 Å². The summed E-state index contributed by atoms with van der Waals surface area (Å²) < 4.78 is 1.08. The van der Waals surface area contributed by atoms with Crippen LogP contribution in [-0.2, 0) is 6.42 Å². The number of aliphatic hydroxyl groups is 1. The molecule has 17 heavy (non-hydrogen) atoms. The molecular formula is C12H12BrNOS2. The Balaban J connectivity index is 1.84. The van der Waals surface area contributed by atoms with E-state index in [0.717, 1.165) is 14.4 Å². The third-order valence-corrected chi connectivity index (χ3v) is 5.14. The van der Waals surface area contributed by atoms with Crippen LogP contribution in [0.25, 0.3) is 0 Å². The van der Waals surface area contributed by atoms with Crippen molar-refractivity contribution in [1.29, 1.82) is 0 Å². The molecule has 0 radical (unpaired) electrons. The van der Waals surface area contributed by atoms with Crippen molar-refractivity contribution in [1.82, 2.24) is 4.98 Å². The number of thiazole rings is 1. The monoisotopic (exact) mass is 329 g/mol. The van der Waals surface area contributed by atoms with Gasteiger partial charge in [-0.25, -0.2) is 4.98 Å². The molecule has 0 amide bonds. The molecule has 0 aliphatic heterocycles. The number of hydrogen-bond donors (Lipinski definition) is 1. The van der Waals surface area contributed by atoms with Gasteiger partial charge in [-0.1, -0.05) is 12.1 Å². The first kappa shape index (κ1) is 13.1. The van der Waals surface area contributed by atoms with E-state index in [2.05, 4.69) is 20.9 Å². The SMILES string of the molecule is OC(CSc1ccccc1Br)Cc1nccs1. The molecule has 1 N–H and O–H groups in total. The zero-order chi connectivity index (χ0) is 12.1. The smallest absolute Gasteiger partial charge is 0.0950 e. The Morgan fingerprint density at radius 2 is 2.24 bits per heavy atom. The van der Waals surface area contributed by atoms with Gasteiger partial charge in [0, 0.05) is 33.1 Å². The van der Waals surface area contributed by atoms with Crippen LogP contribution in [0.4, 0.5) is 0 Å². The number of benzene rings is 1. The van der Waals surface area contributed by atoms with Crippen molar-refractivity contribution in [2.24, 2.45) is 0 Å². The van der Waals surface area contributed by atoms with E-state index < -0.39 is 0 Å². The molecule has 1 atom stereocenters. The fourth-order valence-electron chi connectivity index (χ4n) is 1.36. The molecule has 0 saturated heterocycles. The number of aliphatic hydroxyl groups excluding tert-OH is 1. The van der Waals surface area contributed by atoms with E-state index in [4.69, 9.17) is 0 Å². The van der Waals surface area contributed by atoms with Gasteiger partial charge in [0.05, 0.1) is 11.1 Å². The number of nitrogens with zero attached hydrogens (tertiary/aromatic N) is 1. The molecule has 1 heterocycles. The predicted molar refractivity (Wildman–Crippen MR) is 76.7 cm³/mol. The number of aromatic nitrogens is 1. The Morgan fingerprint density at radius 1 is 1.41 bits per heavy atom. The zero-order valence-electron chi connectivity index (χ0n) is 9.04. The molecule has 1 aromatic heterocycles. The topological polar surface area (TPSA) is 33.1 Å². The minimum Gasteiger partial charge on any atom is -0.392 e. The average Bonchev–Trinajstić information content (AvgIpc) is 2.81. The molecule has 2 nitrogen and oxygen atoms in total. The lowest BCUT2D eigenvalue weighted by molar-refractivity contribution is 0.200. The summed E-state index contributed by atoms with van der Waals surface area (Å²) in [6, 6.07) is 8.04. The molecule has 0 bridgehead atoms. The average molecular weight is 330 g/mol. The van der Waals surface area contributed by atoms with Crippen molar-refractivity contribution in [3.8, 4) is 0 Å². The number of rotatable bonds is 5. The molecular weight excluding hydrogens is 318 g/mol. The first-order valence-electron chi connectivity index (χ1n) is 5.19. The molecule has 2 aromatic rings. The second-order valence-corrected chi connectivity index (χ2v) is 6.42. The molecule has 1 unspecified atom stereocenters. The van der Waals surface area contributed by atoms with Gasteiger partial charge in [0.1, 0.15) is 0 Å². The summed E-state index contributed by atoms with van der Waals surface area (Å²) in [5.41, 5.74) is 0. The van der Waals surface area contributed by atoms with Gasteiger partial charge < -0.3 is 5.11 Å². The lowest BCUT2D eigenvalue weighted by Crippen LogP contribution is -2.13. The van der Waals surface area contributed by atoms with Crippen LogP contribution in [0.5, 0.6) is 0 Å². The molecule has 2 rings (SSSR count). The Morgan fingerprint density at radius 3 is 2.94 bits per heavy atom. The molecule has 0 aliphatic carbocycles. The molecule has 0 saturated carbocycles. The summed E-state index contributed by atoms with van der Waals surface area (Å²) in [6.45, 7) is 0. The summed E-state index contributed by atoms with van der Waals surface area (Å²) in [6.07, 6.45) is 2.06. The quantitative estimate of drug-likeness (QED) is 0.851. The first-order chi connectivity index (χ1) is 8.25. The Hall–Kier alpha value is -0.360. The van der Waals surface area contributed by atoms with Crippen molar-refractivity contribution < 1.29 is 5.11 Å². The minimum atomic E-state index is -0.349. The van der Waals surface area contributed by atoms with Crippen LogP contribution in [0.3, 0.4) is 0 Å². The van der Waals surface area contributed by atoms with Crippen LogP contribution in [-0.4, -0.2) is 21.9 Å². The fraction of sp³-hybridized carbons (Fsp3) is 0.250. The second-order valence-electron chi connectivity index (χ2n) is 3.53. The van der Waals surface area contributed by atoms with Crippen molar-refractivity contribution in [3.63, 3.8) is 0 Å². The van der Waals surface area contributed by atoms with Crippen molar-refractivity contribution in [2.75, 3.05) is 5.75 Å². The molecule has 5 heteroatoms. The Labute approximate surface area is 117 Å². The summed E-state index contributed by atoms with van der Waals surface area (Å²) in [5, 5.41) is 12.8. The van der Waals surface area contributed by atoms with Gasteiger partial charge in [0.25, 0.3) is 0 Å². The van der Waals surface area contributed by atoms with E-state index >= 15 is 0 Å². The van der Waals surface area contributed by atoms with Gasteiger partial charge in [0.15, 0.2) is 0 Å². The maximum Gasteiger partial charge on any atom is 0.0950 e. The van der Waals surface area contributed by atoms with Gasteiger partial charge in [-0.05, 0) is 28.1 Å².